The molecule has 3 heterocycles. The van der Waals surface area contributed by atoms with Crippen molar-refractivity contribution in [1.29, 1.82) is 0 Å². The molecule has 4 rings (SSSR count). The van der Waals surface area contributed by atoms with Gasteiger partial charge in [0.25, 0.3) is 11.8 Å². The zero-order chi connectivity index (χ0) is 20.2. The number of carbonyl (C=O) groups excluding carboxylic acids is 2. The first kappa shape index (κ1) is 18.7. The van der Waals surface area contributed by atoms with Gasteiger partial charge in [-0.3, -0.25) is 14.0 Å². The molecule has 1 fully saturated rings. The van der Waals surface area contributed by atoms with E-state index in [1.54, 1.807) is 28.8 Å². The van der Waals surface area contributed by atoms with Gasteiger partial charge in [0.2, 0.25) is 5.82 Å². The molecule has 0 saturated carbocycles. The van der Waals surface area contributed by atoms with E-state index in [1.165, 1.54) is 12.8 Å². The van der Waals surface area contributed by atoms with Crippen LogP contribution < -0.4 is 15.5 Å². The van der Waals surface area contributed by atoms with Crippen LogP contribution in [0, 0.1) is 0 Å². The second-order valence-corrected chi connectivity index (χ2v) is 6.93. The van der Waals surface area contributed by atoms with Gasteiger partial charge in [-0.1, -0.05) is 12.1 Å². The number of pyridine rings is 1. The molecule has 0 spiro atoms. The molecule has 1 aromatic carbocycles. The standard InChI is InChI=1S/C22H23N5O2/c1-2-12-23-22(29)20-25-19(18-7-3-4-15-27(18)20)21(28)24-16-8-10-17(11-9-16)26-13-5-6-14-26/h2-4,7-11,15H,1,5-6,12-14H2,(H,23,29)(H,24,28). The largest absolute Gasteiger partial charge is 0.372 e. The van der Waals surface area contributed by atoms with Gasteiger partial charge in [0.05, 0.1) is 5.52 Å². The molecule has 7 heteroatoms. The van der Waals surface area contributed by atoms with Crippen LogP contribution in [-0.2, 0) is 0 Å². The zero-order valence-electron chi connectivity index (χ0n) is 16.1. The Hall–Kier alpha value is -3.61. The van der Waals surface area contributed by atoms with Gasteiger partial charge in [-0.05, 0) is 49.2 Å². The molecule has 0 unspecified atom stereocenters. The fourth-order valence-electron chi connectivity index (χ4n) is 3.53. The van der Waals surface area contributed by atoms with Gasteiger partial charge in [-0.2, -0.15) is 0 Å². The molecule has 29 heavy (non-hydrogen) atoms. The summed E-state index contributed by atoms with van der Waals surface area (Å²) in [5, 5.41) is 5.58. The molecule has 3 aromatic rings. The van der Waals surface area contributed by atoms with E-state index in [0.29, 0.717) is 17.7 Å². The molecular weight excluding hydrogens is 366 g/mol. The number of fused-ring (bicyclic) bond motifs is 1. The number of carbonyl (C=O) groups is 2. The van der Waals surface area contributed by atoms with Crippen LogP contribution in [0.15, 0.2) is 61.3 Å². The third-order valence-electron chi connectivity index (χ3n) is 4.97. The predicted octanol–water partition coefficient (Wildman–Crippen LogP) is 3.10. The third-order valence-corrected chi connectivity index (χ3v) is 4.97. The molecule has 2 N–H and O–H groups in total. The second-order valence-electron chi connectivity index (χ2n) is 6.93. The molecule has 1 aliphatic rings. The van der Waals surface area contributed by atoms with Gasteiger partial charge in [0, 0.05) is 37.2 Å². The highest BCUT2D eigenvalue weighted by Gasteiger charge is 2.21. The molecule has 0 aliphatic carbocycles. The maximum atomic E-state index is 12.9. The van der Waals surface area contributed by atoms with E-state index in [2.05, 4.69) is 27.1 Å². The van der Waals surface area contributed by atoms with Crippen LogP contribution in [0.25, 0.3) is 5.52 Å². The molecule has 2 aromatic heterocycles. The number of imidazole rings is 1. The van der Waals surface area contributed by atoms with E-state index >= 15 is 0 Å². The van der Waals surface area contributed by atoms with E-state index in [-0.39, 0.29) is 23.3 Å². The summed E-state index contributed by atoms with van der Waals surface area (Å²) in [5.74, 6) is -0.553. The highest BCUT2D eigenvalue weighted by atomic mass is 16.2. The van der Waals surface area contributed by atoms with Crippen molar-refractivity contribution in [3.63, 3.8) is 0 Å². The molecule has 0 radical (unpaired) electrons. The van der Waals surface area contributed by atoms with Crippen molar-refractivity contribution in [3.8, 4) is 0 Å². The number of rotatable bonds is 6. The monoisotopic (exact) mass is 389 g/mol. The van der Waals surface area contributed by atoms with Crippen LogP contribution in [0.2, 0.25) is 0 Å². The van der Waals surface area contributed by atoms with Gasteiger partial charge in [0.1, 0.15) is 0 Å². The predicted molar refractivity (Wildman–Crippen MR) is 114 cm³/mol. The minimum atomic E-state index is -0.361. The minimum Gasteiger partial charge on any atom is -0.372 e. The van der Waals surface area contributed by atoms with Gasteiger partial charge >= 0.3 is 0 Å². The topological polar surface area (TPSA) is 78.7 Å². The van der Waals surface area contributed by atoms with Crippen molar-refractivity contribution in [3.05, 3.63) is 72.8 Å². The number of amides is 2. The molecule has 2 amide bonds. The summed E-state index contributed by atoms with van der Waals surface area (Å²) in [5.41, 5.74) is 2.63. The Morgan fingerprint density at radius 1 is 1.07 bits per heavy atom. The van der Waals surface area contributed by atoms with Crippen LogP contribution in [0.4, 0.5) is 11.4 Å². The Labute approximate surface area is 169 Å². The number of nitrogens with one attached hydrogen (secondary N) is 2. The maximum Gasteiger partial charge on any atom is 0.287 e. The summed E-state index contributed by atoms with van der Waals surface area (Å²) in [7, 11) is 0. The molecule has 7 nitrogen and oxygen atoms in total. The molecule has 0 atom stereocenters. The molecular formula is C22H23N5O2. The van der Waals surface area contributed by atoms with Crippen molar-refractivity contribution in [1.82, 2.24) is 14.7 Å². The van der Waals surface area contributed by atoms with Crippen molar-refractivity contribution in [2.75, 3.05) is 29.9 Å². The average molecular weight is 389 g/mol. The summed E-state index contributed by atoms with van der Waals surface area (Å²) in [6, 6.07) is 13.2. The fraction of sp³-hybridized carbons (Fsp3) is 0.227. The van der Waals surface area contributed by atoms with Crippen LogP contribution in [-0.4, -0.2) is 40.8 Å². The Bertz CT molecular complexity index is 1050. The lowest BCUT2D eigenvalue weighted by Crippen LogP contribution is -2.25. The quantitative estimate of drug-likeness (QED) is 0.635. The number of nitrogens with zero attached hydrogens (tertiary/aromatic N) is 3. The minimum absolute atomic E-state index is 0.164. The lowest BCUT2D eigenvalue weighted by Gasteiger charge is -2.17. The highest BCUT2D eigenvalue weighted by Crippen LogP contribution is 2.23. The number of aromatic nitrogens is 2. The van der Waals surface area contributed by atoms with Crippen LogP contribution >= 0.6 is 0 Å². The summed E-state index contributed by atoms with van der Waals surface area (Å²) >= 11 is 0. The Kier molecular flexibility index (Phi) is 5.29. The van der Waals surface area contributed by atoms with Crippen molar-refractivity contribution in [2.24, 2.45) is 0 Å². The first-order valence-electron chi connectivity index (χ1n) is 9.70. The lowest BCUT2D eigenvalue weighted by atomic mass is 10.2. The number of benzene rings is 1. The average Bonchev–Trinajstić information content (AvgIpc) is 3.41. The fourth-order valence-corrected chi connectivity index (χ4v) is 3.53. The SMILES string of the molecule is C=CCNC(=O)c1nc(C(=O)Nc2ccc(N3CCCC3)cc2)c2ccccn12. The van der Waals surface area contributed by atoms with E-state index in [4.69, 9.17) is 0 Å². The van der Waals surface area contributed by atoms with Crippen LogP contribution in [0.5, 0.6) is 0 Å². The normalized spacial score (nSPS) is 13.4. The molecule has 1 saturated heterocycles. The summed E-state index contributed by atoms with van der Waals surface area (Å²) in [6.07, 6.45) is 5.74. The Morgan fingerprint density at radius 2 is 1.83 bits per heavy atom. The Morgan fingerprint density at radius 3 is 2.55 bits per heavy atom. The summed E-state index contributed by atoms with van der Waals surface area (Å²) in [6.45, 7) is 6.06. The van der Waals surface area contributed by atoms with E-state index in [9.17, 15) is 9.59 Å². The number of anilines is 2. The highest BCUT2D eigenvalue weighted by molar-refractivity contribution is 6.09. The first-order chi connectivity index (χ1) is 14.2. The second kappa shape index (κ2) is 8.18. The van der Waals surface area contributed by atoms with E-state index < -0.39 is 0 Å². The molecule has 148 valence electrons. The van der Waals surface area contributed by atoms with Crippen LogP contribution in [0.1, 0.15) is 33.9 Å². The maximum absolute atomic E-state index is 12.9. The van der Waals surface area contributed by atoms with Crippen LogP contribution in [0.3, 0.4) is 0 Å². The van der Waals surface area contributed by atoms with Gasteiger partial charge < -0.3 is 15.5 Å². The van der Waals surface area contributed by atoms with E-state index in [0.717, 1.165) is 18.8 Å². The first-order valence-corrected chi connectivity index (χ1v) is 9.70. The van der Waals surface area contributed by atoms with Gasteiger partial charge in [-0.15, -0.1) is 6.58 Å². The molecule has 1 aliphatic heterocycles. The smallest absolute Gasteiger partial charge is 0.287 e. The van der Waals surface area contributed by atoms with Gasteiger partial charge in [0.15, 0.2) is 5.69 Å². The Balaban J connectivity index is 1.56. The third kappa shape index (κ3) is 3.85. The molecule has 0 bridgehead atoms. The van der Waals surface area contributed by atoms with Gasteiger partial charge in [-0.25, -0.2) is 4.98 Å². The lowest BCUT2D eigenvalue weighted by molar-refractivity contribution is 0.0947. The van der Waals surface area contributed by atoms with Crippen molar-refractivity contribution < 1.29 is 9.59 Å². The number of hydrogen-bond donors (Lipinski definition) is 2. The number of hydrogen-bond acceptors (Lipinski definition) is 4. The van der Waals surface area contributed by atoms with Crippen molar-refractivity contribution >= 4 is 28.7 Å². The van der Waals surface area contributed by atoms with Crippen molar-refractivity contribution in [2.45, 2.75) is 12.8 Å². The zero-order valence-corrected chi connectivity index (χ0v) is 16.1. The summed E-state index contributed by atoms with van der Waals surface area (Å²) < 4.78 is 1.61. The van der Waals surface area contributed by atoms with E-state index in [1.807, 2.05) is 30.3 Å². The summed E-state index contributed by atoms with van der Waals surface area (Å²) in [4.78, 5) is 31.9.